The molecule has 0 aromatic heterocycles. The van der Waals surface area contributed by atoms with Gasteiger partial charge in [-0.15, -0.1) is 0 Å². The third-order valence-corrected chi connectivity index (χ3v) is 6.57. The second kappa shape index (κ2) is 11.2. The van der Waals surface area contributed by atoms with E-state index in [1.807, 2.05) is 0 Å². The van der Waals surface area contributed by atoms with Crippen LogP contribution in [0.2, 0.25) is 0 Å². The normalized spacial score (nSPS) is 17.4. The van der Waals surface area contributed by atoms with Crippen LogP contribution in [0.25, 0.3) is 0 Å². The second-order valence-electron chi connectivity index (χ2n) is 9.18. The summed E-state index contributed by atoms with van der Waals surface area (Å²) in [6, 6.07) is 10.7. The van der Waals surface area contributed by atoms with Gasteiger partial charge in [-0.3, -0.25) is 29.3 Å². The van der Waals surface area contributed by atoms with Gasteiger partial charge in [-0.1, -0.05) is 17.7 Å². The molecule has 2 aliphatic rings. The van der Waals surface area contributed by atoms with E-state index in [1.54, 1.807) is 24.3 Å². The topological polar surface area (TPSA) is 130 Å². The Labute approximate surface area is 214 Å². The number of allylic oxidation sites excluding steroid dienone is 1. The summed E-state index contributed by atoms with van der Waals surface area (Å²) in [5.74, 6) is -1.76. The van der Waals surface area contributed by atoms with Gasteiger partial charge in [0.05, 0.1) is 17.0 Å². The molecule has 2 aromatic rings. The van der Waals surface area contributed by atoms with E-state index in [4.69, 9.17) is 0 Å². The predicted molar refractivity (Wildman–Crippen MR) is 137 cm³/mol. The van der Waals surface area contributed by atoms with E-state index >= 15 is 0 Å². The van der Waals surface area contributed by atoms with E-state index in [2.05, 4.69) is 11.4 Å². The first-order chi connectivity index (χ1) is 17.7. The number of nitro groups is 1. The highest BCUT2D eigenvalue weighted by atomic mass is 16.6. The largest absolute Gasteiger partial charge is 0.326 e. The number of nitro benzene ring substituents is 1. The summed E-state index contributed by atoms with van der Waals surface area (Å²) in [6.07, 6.45) is 6.60. The maximum atomic E-state index is 13.6. The summed E-state index contributed by atoms with van der Waals surface area (Å²) in [5.41, 5.74) is 1.92. The van der Waals surface area contributed by atoms with Crippen molar-refractivity contribution in [3.63, 3.8) is 0 Å². The number of rotatable bonds is 8. The van der Waals surface area contributed by atoms with Crippen molar-refractivity contribution in [2.45, 2.75) is 51.5 Å². The van der Waals surface area contributed by atoms with Crippen molar-refractivity contribution in [1.82, 2.24) is 4.90 Å². The van der Waals surface area contributed by atoms with Crippen LogP contribution >= 0.6 is 0 Å². The van der Waals surface area contributed by atoms with Crippen molar-refractivity contribution in [2.75, 3.05) is 16.8 Å². The molecule has 2 aromatic carbocycles. The molecule has 10 nitrogen and oxygen atoms in total. The van der Waals surface area contributed by atoms with Crippen LogP contribution in [-0.4, -0.2) is 46.0 Å². The molecule has 0 spiro atoms. The number of carbonyl (C=O) groups excluding carboxylic acids is 4. The Kier molecular flexibility index (Phi) is 7.76. The fourth-order valence-corrected chi connectivity index (χ4v) is 4.74. The molecule has 192 valence electrons. The maximum Gasteiger partial charge on any atom is 0.270 e. The highest BCUT2D eigenvalue weighted by Gasteiger charge is 2.44. The van der Waals surface area contributed by atoms with Gasteiger partial charge in [0.25, 0.3) is 17.5 Å². The van der Waals surface area contributed by atoms with Crippen molar-refractivity contribution in [3.8, 4) is 0 Å². The zero-order valence-corrected chi connectivity index (χ0v) is 20.5. The van der Waals surface area contributed by atoms with Crippen LogP contribution < -0.4 is 10.2 Å². The lowest BCUT2D eigenvalue weighted by atomic mass is 9.96. The van der Waals surface area contributed by atoms with E-state index in [0.717, 1.165) is 30.6 Å². The van der Waals surface area contributed by atoms with Crippen LogP contribution in [0.15, 0.2) is 60.2 Å². The van der Waals surface area contributed by atoms with Crippen molar-refractivity contribution in [1.29, 1.82) is 0 Å². The van der Waals surface area contributed by atoms with Crippen LogP contribution in [0.1, 0.15) is 55.8 Å². The summed E-state index contributed by atoms with van der Waals surface area (Å²) < 4.78 is 0. The molecule has 4 rings (SSSR count). The minimum Gasteiger partial charge on any atom is -0.326 e. The molecule has 1 atom stereocenters. The highest BCUT2D eigenvalue weighted by molar-refractivity contribution is 6.23. The molecule has 1 unspecified atom stereocenters. The van der Waals surface area contributed by atoms with E-state index in [9.17, 15) is 29.3 Å². The molecular weight excluding hydrogens is 476 g/mol. The first-order valence-electron chi connectivity index (χ1n) is 12.2. The summed E-state index contributed by atoms with van der Waals surface area (Å²) in [4.78, 5) is 64.4. The maximum absolute atomic E-state index is 13.6. The molecule has 1 fully saturated rings. The molecule has 37 heavy (non-hydrogen) atoms. The number of imide groups is 1. The fraction of sp³-hybridized carbons (Fsp3) is 0.333. The zero-order valence-electron chi connectivity index (χ0n) is 20.5. The molecular formula is C27H28N4O6. The van der Waals surface area contributed by atoms with Crippen LogP contribution in [-0.2, 0) is 14.4 Å². The van der Waals surface area contributed by atoms with Crippen LogP contribution in [0.4, 0.5) is 17.1 Å². The SMILES string of the molecule is CC(=O)Nc1ccc(N2C(=O)CC(N(CCC3=CCCCC3)C(=O)c3cccc([N+](=O)[O-])c3)C2=O)cc1. The van der Waals surface area contributed by atoms with E-state index < -0.39 is 28.7 Å². The highest BCUT2D eigenvalue weighted by Crippen LogP contribution is 2.29. The Balaban J connectivity index is 1.61. The first kappa shape index (κ1) is 25.7. The lowest BCUT2D eigenvalue weighted by molar-refractivity contribution is -0.384. The number of nitrogens with one attached hydrogen (secondary N) is 1. The van der Waals surface area contributed by atoms with Gasteiger partial charge in [0, 0.05) is 36.9 Å². The van der Waals surface area contributed by atoms with Gasteiger partial charge in [-0.25, -0.2) is 4.90 Å². The van der Waals surface area contributed by atoms with E-state index in [-0.39, 0.29) is 30.1 Å². The van der Waals surface area contributed by atoms with Gasteiger partial charge in [-0.2, -0.15) is 0 Å². The number of hydrogen-bond acceptors (Lipinski definition) is 6. The number of non-ortho nitro benzene ring substituents is 1. The zero-order chi connectivity index (χ0) is 26.5. The Bertz CT molecular complexity index is 1270. The van der Waals surface area contributed by atoms with Crippen LogP contribution in [0.5, 0.6) is 0 Å². The summed E-state index contributed by atoms with van der Waals surface area (Å²) >= 11 is 0. The first-order valence-corrected chi connectivity index (χ1v) is 12.2. The molecule has 1 aliphatic carbocycles. The number of benzene rings is 2. The van der Waals surface area contributed by atoms with Gasteiger partial charge in [-0.05, 0) is 62.4 Å². The minimum atomic E-state index is -1.03. The Morgan fingerprint density at radius 1 is 1.14 bits per heavy atom. The molecule has 0 bridgehead atoms. The molecule has 0 saturated carbocycles. The number of carbonyl (C=O) groups is 4. The standard InChI is InChI=1S/C27H28N4O6/c1-18(32)28-21-10-12-22(13-11-21)30-25(33)17-24(27(30)35)29(15-14-19-6-3-2-4-7-19)26(34)20-8-5-9-23(16-20)31(36)37/h5-6,8-13,16,24H,2-4,7,14-15,17H2,1H3,(H,28,32). The molecule has 4 amide bonds. The van der Waals surface area contributed by atoms with Gasteiger partial charge in [0.2, 0.25) is 11.8 Å². The number of amides is 4. The van der Waals surface area contributed by atoms with Gasteiger partial charge < -0.3 is 10.2 Å². The molecule has 1 saturated heterocycles. The summed E-state index contributed by atoms with van der Waals surface area (Å²) in [7, 11) is 0. The third-order valence-electron chi connectivity index (χ3n) is 6.57. The monoisotopic (exact) mass is 504 g/mol. The van der Waals surface area contributed by atoms with Crippen LogP contribution in [0, 0.1) is 10.1 Å². The molecule has 1 heterocycles. The molecule has 1 N–H and O–H groups in total. The second-order valence-corrected chi connectivity index (χ2v) is 9.18. The Morgan fingerprint density at radius 3 is 2.54 bits per heavy atom. The van der Waals surface area contributed by atoms with Gasteiger partial charge in [0.1, 0.15) is 6.04 Å². The van der Waals surface area contributed by atoms with Crippen molar-refractivity contribution < 1.29 is 24.1 Å². The molecule has 1 aliphatic heterocycles. The van der Waals surface area contributed by atoms with E-state index in [1.165, 1.54) is 41.7 Å². The lowest BCUT2D eigenvalue weighted by Crippen LogP contribution is -2.46. The third kappa shape index (κ3) is 5.91. The average molecular weight is 505 g/mol. The number of anilines is 2. The van der Waals surface area contributed by atoms with E-state index in [0.29, 0.717) is 17.8 Å². The van der Waals surface area contributed by atoms with Gasteiger partial charge >= 0.3 is 0 Å². The fourth-order valence-electron chi connectivity index (χ4n) is 4.74. The van der Waals surface area contributed by atoms with Crippen molar-refractivity contribution >= 4 is 40.7 Å². The van der Waals surface area contributed by atoms with Crippen molar-refractivity contribution in [3.05, 3.63) is 75.9 Å². The number of nitrogens with zero attached hydrogens (tertiary/aromatic N) is 3. The minimum absolute atomic E-state index is 0.0881. The number of hydrogen-bond donors (Lipinski definition) is 1. The Morgan fingerprint density at radius 2 is 1.89 bits per heavy atom. The molecule has 10 heteroatoms. The Hall–Kier alpha value is -4.34. The molecule has 0 radical (unpaired) electrons. The quantitative estimate of drug-likeness (QED) is 0.248. The van der Waals surface area contributed by atoms with Gasteiger partial charge in [0.15, 0.2) is 0 Å². The lowest BCUT2D eigenvalue weighted by Gasteiger charge is -2.28. The van der Waals surface area contributed by atoms with Crippen LogP contribution in [0.3, 0.4) is 0 Å². The predicted octanol–water partition coefficient (Wildman–Crippen LogP) is 4.22. The smallest absolute Gasteiger partial charge is 0.270 e. The van der Waals surface area contributed by atoms with Crippen molar-refractivity contribution in [2.24, 2.45) is 0 Å². The summed E-state index contributed by atoms with van der Waals surface area (Å²) in [6.45, 7) is 1.59. The summed E-state index contributed by atoms with van der Waals surface area (Å²) in [5, 5.41) is 13.9. The average Bonchev–Trinajstić information content (AvgIpc) is 3.18.